The lowest BCUT2D eigenvalue weighted by molar-refractivity contribution is 0.160. The lowest BCUT2D eigenvalue weighted by Crippen LogP contribution is -2.34. The number of nitrogens with one attached hydrogen (secondary N) is 1. The van der Waals surface area contributed by atoms with Crippen LogP contribution in [0.15, 0.2) is 101 Å². The van der Waals surface area contributed by atoms with E-state index in [9.17, 15) is 10.2 Å². The Morgan fingerprint density at radius 3 is 2.67 bits per heavy atom. The maximum atomic E-state index is 10.5. The Balaban J connectivity index is 1.37. The molecule has 2 unspecified atom stereocenters. The molecule has 0 fully saturated rings. The zero-order valence-electron chi connectivity index (χ0n) is 19.3. The lowest BCUT2D eigenvalue weighted by Gasteiger charge is -2.29. The van der Waals surface area contributed by atoms with Crippen LogP contribution in [-0.2, 0) is 13.2 Å². The van der Waals surface area contributed by atoms with Crippen molar-refractivity contribution in [1.29, 1.82) is 0 Å². The van der Waals surface area contributed by atoms with Crippen LogP contribution in [0.25, 0.3) is 0 Å². The highest BCUT2D eigenvalue weighted by atomic mass is 35.5. The number of aliphatic imine (C=N–C) groups is 1. The van der Waals surface area contributed by atoms with Crippen molar-refractivity contribution in [2.45, 2.75) is 18.6 Å². The number of benzene rings is 2. The Labute approximate surface area is 217 Å². The molecule has 3 N–H and O–H groups in total. The molecule has 7 nitrogen and oxygen atoms in total. The molecule has 0 saturated carbocycles. The van der Waals surface area contributed by atoms with E-state index in [1.165, 1.54) is 0 Å². The molecular formula is C27H25ClN4O3S. The van der Waals surface area contributed by atoms with Gasteiger partial charge < -0.3 is 25.2 Å². The number of aromatic nitrogens is 1. The minimum Gasteiger partial charge on any atom is -0.486 e. The summed E-state index contributed by atoms with van der Waals surface area (Å²) in [6, 6.07) is 21.2. The number of aliphatic hydroxyl groups is 2. The summed E-state index contributed by atoms with van der Waals surface area (Å²) in [6.45, 7) is 0.607. The van der Waals surface area contributed by atoms with Crippen LogP contribution in [0.5, 0.6) is 5.75 Å². The van der Waals surface area contributed by atoms with Gasteiger partial charge in [0.25, 0.3) is 0 Å². The number of anilines is 1. The van der Waals surface area contributed by atoms with Crippen molar-refractivity contribution < 1.29 is 14.9 Å². The molecule has 2 aliphatic rings. The molecule has 2 aromatic carbocycles. The second-order valence-electron chi connectivity index (χ2n) is 8.12. The highest BCUT2D eigenvalue weighted by Gasteiger charge is 2.29. The minimum atomic E-state index is -0.884. The van der Waals surface area contributed by atoms with E-state index in [2.05, 4.69) is 15.3 Å². The number of pyridine rings is 1. The molecule has 9 heteroatoms. The predicted molar refractivity (Wildman–Crippen MR) is 146 cm³/mol. The zero-order chi connectivity index (χ0) is 24.9. The molecule has 0 bridgehead atoms. The molecule has 184 valence electrons. The van der Waals surface area contributed by atoms with Crippen LogP contribution in [0.4, 0.5) is 5.69 Å². The Morgan fingerprint density at radius 2 is 1.92 bits per heavy atom. The first-order chi connectivity index (χ1) is 17.6. The summed E-state index contributed by atoms with van der Waals surface area (Å²) in [7, 11) is -0.674. The smallest absolute Gasteiger partial charge is 0.142 e. The summed E-state index contributed by atoms with van der Waals surface area (Å²) in [5.74, 6) is 1.20. The highest BCUT2D eigenvalue weighted by Crippen LogP contribution is 2.38. The molecule has 0 spiro atoms. The summed E-state index contributed by atoms with van der Waals surface area (Å²) < 4.78 is 5.82. The van der Waals surface area contributed by atoms with E-state index in [0.29, 0.717) is 29.7 Å². The molecule has 0 radical (unpaired) electrons. The largest absolute Gasteiger partial charge is 0.486 e. The Morgan fingerprint density at radius 1 is 1.08 bits per heavy atom. The molecule has 5 rings (SSSR count). The van der Waals surface area contributed by atoms with Crippen molar-refractivity contribution in [3.8, 4) is 5.75 Å². The fourth-order valence-corrected chi connectivity index (χ4v) is 5.93. The van der Waals surface area contributed by atoms with Crippen molar-refractivity contribution in [3.05, 3.63) is 112 Å². The van der Waals surface area contributed by atoms with Gasteiger partial charge in [-0.05, 0) is 47.4 Å². The fraction of sp³-hybridized carbons (Fsp3) is 0.148. The summed E-state index contributed by atoms with van der Waals surface area (Å²) in [5.41, 5.74) is 2.68. The van der Waals surface area contributed by atoms with Gasteiger partial charge in [0.2, 0.25) is 0 Å². The third kappa shape index (κ3) is 5.37. The van der Waals surface area contributed by atoms with Gasteiger partial charge in [0.15, 0.2) is 0 Å². The van der Waals surface area contributed by atoms with E-state index in [-0.39, 0.29) is 6.61 Å². The molecule has 2 atom stereocenters. The minimum absolute atomic E-state index is 0.321. The van der Waals surface area contributed by atoms with Crippen LogP contribution in [0.1, 0.15) is 11.3 Å². The molecule has 1 aromatic heterocycles. The van der Waals surface area contributed by atoms with Crippen LogP contribution in [0.2, 0.25) is 5.02 Å². The number of rotatable bonds is 9. The molecule has 2 aliphatic heterocycles. The number of ether oxygens (including phenoxy) is 1. The average molecular weight is 521 g/mol. The predicted octanol–water partition coefficient (Wildman–Crippen LogP) is 4.72. The van der Waals surface area contributed by atoms with Crippen molar-refractivity contribution in [1.82, 2.24) is 9.88 Å². The number of hydrogen-bond donors (Lipinski definition) is 3. The van der Waals surface area contributed by atoms with Crippen molar-refractivity contribution >= 4 is 39.1 Å². The van der Waals surface area contributed by atoms with Gasteiger partial charge in [-0.1, -0.05) is 48.0 Å². The van der Waals surface area contributed by atoms with Gasteiger partial charge in [-0.3, -0.25) is 4.98 Å². The van der Waals surface area contributed by atoms with Crippen LogP contribution in [0.3, 0.4) is 0 Å². The van der Waals surface area contributed by atoms with E-state index in [1.54, 1.807) is 18.6 Å². The first kappa shape index (κ1) is 24.3. The van der Waals surface area contributed by atoms with Gasteiger partial charge in [-0.25, -0.2) is 4.99 Å². The van der Waals surface area contributed by atoms with E-state index in [4.69, 9.17) is 16.3 Å². The summed E-state index contributed by atoms with van der Waals surface area (Å²) in [5, 5.41) is 25.9. The van der Waals surface area contributed by atoms with Crippen LogP contribution in [0, 0.1) is 0 Å². The zero-order valence-corrected chi connectivity index (χ0v) is 20.9. The number of fused-ring (bicyclic) bond motifs is 1. The van der Waals surface area contributed by atoms with Gasteiger partial charge >= 0.3 is 0 Å². The SMILES string of the molecule is OCC(O)S1=C2C(=C(Nc3ccc(OCc4ccccn4)c(Cl)c3)N=CN2Cc2ccccc2)C=C1. The third-order valence-electron chi connectivity index (χ3n) is 5.62. The topological polar surface area (TPSA) is 90.2 Å². The highest BCUT2D eigenvalue weighted by molar-refractivity contribution is 8.19. The summed E-state index contributed by atoms with van der Waals surface area (Å²) in [6.07, 6.45) is 5.43. The maximum Gasteiger partial charge on any atom is 0.142 e. The molecule has 3 heterocycles. The Bertz CT molecular complexity index is 1360. The Kier molecular flexibility index (Phi) is 7.48. The summed E-state index contributed by atoms with van der Waals surface area (Å²) >= 11 is 6.49. The quantitative estimate of drug-likeness (QED) is 0.354. The van der Waals surface area contributed by atoms with Crippen LogP contribution >= 0.6 is 22.1 Å². The number of hydrogen-bond acceptors (Lipinski definition) is 7. The van der Waals surface area contributed by atoms with E-state index in [0.717, 1.165) is 27.5 Å². The van der Waals surface area contributed by atoms with Gasteiger partial charge in [0, 0.05) is 24.0 Å². The first-order valence-corrected chi connectivity index (χ1v) is 13.1. The number of halogens is 1. The molecular weight excluding hydrogens is 496 g/mol. The van der Waals surface area contributed by atoms with Gasteiger partial charge in [-0.2, -0.15) is 0 Å². The van der Waals surface area contributed by atoms with Crippen molar-refractivity contribution in [2.75, 3.05) is 11.9 Å². The van der Waals surface area contributed by atoms with Gasteiger partial charge in [0.1, 0.15) is 23.6 Å². The van der Waals surface area contributed by atoms with Gasteiger partial charge in [-0.15, -0.1) is 10.5 Å². The second-order valence-corrected chi connectivity index (χ2v) is 10.5. The number of nitrogens with zero attached hydrogens (tertiary/aromatic N) is 3. The van der Waals surface area contributed by atoms with Crippen LogP contribution < -0.4 is 10.1 Å². The van der Waals surface area contributed by atoms with Crippen molar-refractivity contribution in [2.24, 2.45) is 4.99 Å². The van der Waals surface area contributed by atoms with E-state index in [1.807, 2.05) is 77.0 Å². The molecule has 0 aliphatic carbocycles. The van der Waals surface area contributed by atoms with Gasteiger partial charge in [0.05, 0.1) is 28.7 Å². The molecule has 0 saturated heterocycles. The number of aliphatic hydroxyl groups excluding tert-OH is 2. The first-order valence-electron chi connectivity index (χ1n) is 11.4. The fourth-order valence-electron chi connectivity index (χ4n) is 3.88. The molecule has 0 amide bonds. The second kappa shape index (κ2) is 11.1. The monoisotopic (exact) mass is 520 g/mol. The third-order valence-corrected chi connectivity index (χ3v) is 7.98. The molecule has 36 heavy (non-hydrogen) atoms. The average Bonchev–Trinajstić information content (AvgIpc) is 3.36. The summed E-state index contributed by atoms with van der Waals surface area (Å²) in [4.78, 5) is 11.9. The molecule has 3 aromatic rings. The normalized spacial score (nSPS) is 17.4. The Hall–Kier alpha value is -3.43. The lowest BCUT2D eigenvalue weighted by atomic mass is 10.1. The van der Waals surface area contributed by atoms with Crippen LogP contribution in [-0.4, -0.2) is 43.5 Å². The van der Waals surface area contributed by atoms with Crippen molar-refractivity contribution in [3.63, 3.8) is 0 Å². The standard InChI is InChI=1S/C27H25ClN4O3S/c28-23-14-20(9-10-24(23)35-17-21-8-4-5-12-29-21)31-26-22-11-13-36(25(34)16-33)27(22)32(18-30-26)15-19-6-2-1-3-7-19/h1-14,18,25,31,33-34H,15-17H2. The van der Waals surface area contributed by atoms with E-state index >= 15 is 0 Å². The van der Waals surface area contributed by atoms with E-state index < -0.39 is 15.9 Å². The maximum absolute atomic E-state index is 10.5.